The molecule has 1 aromatic carbocycles. The van der Waals surface area contributed by atoms with Crippen molar-refractivity contribution in [3.8, 4) is 0 Å². The average Bonchev–Trinajstić information content (AvgIpc) is 2.42. The highest BCUT2D eigenvalue weighted by molar-refractivity contribution is 6.00. The summed E-state index contributed by atoms with van der Waals surface area (Å²) < 4.78 is 13.4. The smallest absolute Gasteiger partial charge is 0.340 e. The first-order valence-electron chi connectivity index (χ1n) is 7.10. The zero-order valence-electron chi connectivity index (χ0n) is 11.7. The van der Waals surface area contributed by atoms with E-state index in [1.165, 1.54) is 25.0 Å². The van der Waals surface area contributed by atoms with E-state index in [4.69, 9.17) is 5.73 Å². The Hall–Kier alpha value is -1.78. The van der Waals surface area contributed by atoms with Crippen molar-refractivity contribution >= 4 is 17.3 Å². The molecule has 4 nitrogen and oxygen atoms in total. The third kappa shape index (κ3) is 2.86. The van der Waals surface area contributed by atoms with E-state index in [1.807, 2.05) is 4.90 Å². The van der Waals surface area contributed by atoms with Crippen LogP contribution in [0.4, 0.5) is 15.8 Å². The van der Waals surface area contributed by atoms with Crippen LogP contribution in [0.2, 0.25) is 0 Å². The molecule has 0 spiro atoms. The van der Waals surface area contributed by atoms with Gasteiger partial charge in [0.25, 0.3) is 0 Å². The number of carboxylic acids is 1. The molecule has 110 valence electrons. The van der Waals surface area contributed by atoms with Crippen LogP contribution in [-0.4, -0.2) is 24.2 Å². The van der Waals surface area contributed by atoms with Crippen LogP contribution in [0.5, 0.6) is 0 Å². The molecule has 20 heavy (non-hydrogen) atoms. The summed E-state index contributed by atoms with van der Waals surface area (Å²) in [7, 11) is 0. The molecule has 0 bridgehead atoms. The molecule has 1 aromatic rings. The van der Waals surface area contributed by atoms with Crippen molar-refractivity contribution in [2.45, 2.75) is 32.6 Å². The molecule has 1 fully saturated rings. The quantitative estimate of drug-likeness (QED) is 0.832. The van der Waals surface area contributed by atoms with Crippen LogP contribution < -0.4 is 10.6 Å². The van der Waals surface area contributed by atoms with Crippen molar-refractivity contribution in [2.75, 3.05) is 23.7 Å². The lowest BCUT2D eigenvalue weighted by atomic mass is 9.92. The molecule has 1 aliphatic rings. The van der Waals surface area contributed by atoms with E-state index in [-0.39, 0.29) is 11.3 Å². The zero-order chi connectivity index (χ0) is 14.7. The third-order valence-electron chi connectivity index (χ3n) is 4.04. The van der Waals surface area contributed by atoms with E-state index < -0.39 is 11.8 Å². The molecule has 0 radical (unpaired) electrons. The molecule has 1 heterocycles. The SMILES string of the molecule is CCCC1CCN(c2ccc(F)c(N)c2C(=O)O)CC1. The van der Waals surface area contributed by atoms with Crippen LogP contribution >= 0.6 is 0 Å². The van der Waals surface area contributed by atoms with Gasteiger partial charge in [-0.2, -0.15) is 0 Å². The summed E-state index contributed by atoms with van der Waals surface area (Å²) in [6, 6.07) is 2.77. The Labute approximate surface area is 118 Å². The molecule has 5 heteroatoms. The van der Waals surface area contributed by atoms with E-state index in [0.717, 1.165) is 25.9 Å². The Bertz CT molecular complexity index is 497. The molecule has 0 aromatic heterocycles. The largest absolute Gasteiger partial charge is 0.478 e. The second kappa shape index (κ2) is 6.11. The number of benzene rings is 1. The molecule has 0 unspecified atom stereocenters. The van der Waals surface area contributed by atoms with Crippen LogP contribution in [-0.2, 0) is 0 Å². The Morgan fingerprint density at radius 1 is 1.45 bits per heavy atom. The number of carbonyl (C=O) groups is 1. The van der Waals surface area contributed by atoms with Gasteiger partial charge in [-0.15, -0.1) is 0 Å². The van der Waals surface area contributed by atoms with Gasteiger partial charge in [-0.1, -0.05) is 19.8 Å². The van der Waals surface area contributed by atoms with Crippen molar-refractivity contribution in [2.24, 2.45) is 5.92 Å². The first-order valence-corrected chi connectivity index (χ1v) is 7.10. The van der Waals surface area contributed by atoms with E-state index >= 15 is 0 Å². The summed E-state index contributed by atoms with van der Waals surface area (Å²) in [5.74, 6) is -1.14. The fraction of sp³-hybridized carbons (Fsp3) is 0.533. The number of rotatable bonds is 4. The molecule has 0 aliphatic carbocycles. The highest BCUT2D eigenvalue weighted by atomic mass is 19.1. The monoisotopic (exact) mass is 280 g/mol. The predicted octanol–water partition coefficient (Wildman–Crippen LogP) is 3.12. The highest BCUT2D eigenvalue weighted by Crippen LogP contribution is 2.32. The number of halogens is 1. The Morgan fingerprint density at radius 2 is 2.10 bits per heavy atom. The summed E-state index contributed by atoms with van der Waals surface area (Å²) in [4.78, 5) is 13.3. The number of carboxylic acid groups (broad SMARTS) is 1. The van der Waals surface area contributed by atoms with Gasteiger partial charge in [0.15, 0.2) is 0 Å². The molecule has 0 amide bonds. The number of aromatic carboxylic acids is 1. The minimum atomic E-state index is -1.17. The van der Waals surface area contributed by atoms with Gasteiger partial charge in [0.05, 0.1) is 11.4 Å². The van der Waals surface area contributed by atoms with Gasteiger partial charge in [-0.25, -0.2) is 9.18 Å². The maximum Gasteiger partial charge on any atom is 0.340 e. The molecule has 1 aliphatic heterocycles. The van der Waals surface area contributed by atoms with Crippen LogP contribution in [0, 0.1) is 11.7 Å². The summed E-state index contributed by atoms with van der Waals surface area (Å²) in [5.41, 5.74) is 5.73. The lowest BCUT2D eigenvalue weighted by molar-refractivity contribution is 0.0698. The molecule has 1 saturated heterocycles. The van der Waals surface area contributed by atoms with Gasteiger partial charge in [0.2, 0.25) is 0 Å². The van der Waals surface area contributed by atoms with Crippen molar-refractivity contribution in [1.29, 1.82) is 0 Å². The van der Waals surface area contributed by atoms with Gasteiger partial charge >= 0.3 is 5.97 Å². The second-order valence-corrected chi connectivity index (χ2v) is 5.38. The summed E-state index contributed by atoms with van der Waals surface area (Å²) in [5, 5.41) is 9.26. The van der Waals surface area contributed by atoms with E-state index in [1.54, 1.807) is 0 Å². The van der Waals surface area contributed by atoms with E-state index in [9.17, 15) is 14.3 Å². The van der Waals surface area contributed by atoms with Crippen LogP contribution in [0.1, 0.15) is 43.0 Å². The Balaban J connectivity index is 2.22. The lowest BCUT2D eigenvalue weighted by Gasteiger charge is -2.34. The van der Waals surface area contributed by atoms with Gasteiger partial charge in [-0.3, -0.25) is 0 Å². The second-order valence-electron chi connectivity index (χ2n) is 5.38. The molecular weight excluding hydrogens is 259 g/mol. The minimum Gasteiger partial charge on any atom is -0.478 e. The Kier molecular flexibility index (Phi) is 4.47. The molecular formula is C15H21FN2O2. The van der Waals surface area contributed by atoms with E-state index in [0.29, 0.717) is 11.6 Å². The van der Waals surface area contributed by atoms with E-state index in [2.05, 4.69) is 6.92 Å². The number of hydrogen-bond acceptors (Lipinski definition) is 3. The molecule has 3 N–H and O–H groups in total. The molecule has 2 rings (SSSR count). The number of anilines is 2. The molecule has 0 saturated carbocycles. The highest BCUT2D eigenvalue weighted by Gasteiger charge is 2.25. The fourth-order valence-electron chi connectivity index (χ4n) is 2.94. The normalized spacial score (nSPS) is 16.4. The first-order chi connectivity index (χ1) is 9.54. The van der Waals surface area contributed by atoms with Crippen LogP contribution in [0.3, 0.4) is 0 Å². The van der Waals surface area contributed by atoms with Crippen molar-refractivity contribution < 1.29 is 14.3 Å². The molecule has 0 atom stereocenters. The predicted molar refractivity (Wildman–Crippen MR) is 77.6 cm³/mol. The summed E-state index contributed by atoms with van der Waals surface area (Å²) in [6.07, 6.45) is 4.48. The number of nitrogens with zero attached hydrogens (tertiary/aromatic N) is 1. The standard InChI is InChI=1S/C15H21FN2O2/c1-2-3-10-6-8-18(9-7-10)12-5-4-11(16)14(17)13(12)15(19)20/h4-5,10H,2-3,6-9,17H2,1H3,(H,19,20). The number of piperidine rings is 1. The van der Waals surface area contributed by atoms with Crippen LogP contribution in [0.15, 0.2) is 12.1 Å². The van der Waals surface area contributed by atoms with Gasteiger partial charge in [-0.05, 0) is 30.9 Å². The topological polar surface area (TPSA) is 66.6 Å². The van der Waals surface area contributed by atoms with Crippen molar-refractivity contribution in [3.05, 3.63) is 23.5 Å². The fourth-order valence-corrected chi connectivity index (χ4v) is 2.94. The van der Waals surface area contributed by atoms with Crippen molar-refractivity contribution in [1.82, 2.24) is 0 Å². The van der Waals surface area contributed by atoms with Gasteiger partial charge in [0.1, 0.15) is 11.4 Å². The Morgan fingerprint density at radius 3 is 2.65 bits per heavy atom. The maximum atomic E-state index is 13.4. The average molecular weight is 280 g/mol. The van der Waals surface area contributed by atoms with Gasteiger partial charge < -0.3 is 15.7 Å². The summed E-state index contributed by atoms with van der Waals surface area (Å²) >= 11 is 0. The lowest BCUT2D eigenvalue weighted by Crippen LogP contribution is -2.34. The first kappa shape index (κ1) is 14.6. The minimum absolute atomic E-state index is 0.112. The van der Waals surface area contributed by atoms with Gasteiger partial charge in [0, 0.05) is 13.1 Å². The number of nitrogen functional groups attached to an aromatic ring is 1. The maximum absolute atomic E-state index is 13.4. The zero-order valence-corrected chi connectivity index (χ0v) is 11.7. The van der Waals surface area contributed by atoms with Crippen LogP contribution in [0.25, 0.3) is 0 Å². The third-order valence-corrected chi connectivity index (χ3v) is 4.04. The van der Waals surface area contributed by atoms with Crippen molar-refractivity contribution in [3.63, 3.8) is 0 Å². The number of nitrogens with two attached hydrogens (primary N) is 1. The summed E-state index contributed by atoms with van der Waals surface area (Å²) in [6.45, 7) is 3.78. The number of hydrogen-bond donors (Lipinski definition) is 2.